The van der Waals surface area contributed by atoms with Crippen LogP contribution in [0.5, 0.6) is 0 Å². The molecule has 3 aromatic heterocycles. The van der Waals surface area contributed by atoms with Crippen molar-refractivity contribution in [3.63, 3.8) is 0 Å². The lowest BCUT2D eigenvalue weighted by molar-refractivity contribution is 0.388. The van der Waals surface area contributed by atoms with E-state index >= 15 is 0 Å². The van der Waals surface area contributed by atoms with Crippen molar-refractivity contribution in [2.45, 2.75) is 39.7 Å². The van der Waals surface area contributed by atoms with E-state index in [4.69, 9.17) is 9.51 Å². The Morgan fingerprint density at radius 1 is 0.973 bits per heavy atom. The van der Waals surface area contributed by atoms with Crippen molar-refractivity contribution >= 4 is 0 Å². The summed E-state index contributed by atoms with van der Waals surface area (Å²) in [5, 5.41) is 3.93. The lowest BCUT2D eigenvalue weighted by Gasteiger charge is -2.17. The molecule has 0 aliphatic rings. The summed E-state index contributed by atoms with van der Waals surface area (Å²) >= 11 is 0. The van der Waals surface area contributed by atoms with Gasteiger partial charge in [-0.25, -0.2) is 9.78 Å². The van der Waals surface area contributed by atoms with Crippen molar-refractivity contribution in [1.82, 2.24) is 24.7 Å². The molecule has 0 spiro atoms. The zero-order chi connectivity index (χ0) is 25.8. The highest BCUT2D eigenvalue weighted by Gasteiger charge is 2.17. The van der Waals surface area contributed by atoms with Gasteiger partial charge in [0, 0.05) is 41.6 Å². The second-order valence-corrected chi connectivity index (χ2v) is 8.92. The Morgan fingerprint density at radius 3 is 2.49 bits per heavy atom. The van der Waals surface area contributed by atoms with Gasteiger partial charge in [-0.3, -0.25) is 23.9 Å². The first kappa shape index (κ1) is 24.1. The van der Waals surface area contributed by atoms with Crippen molar-refractivity contribution in [3.05, 3.63) is 122 Å². The van der Waals surface area contributed by atoms with Crippen molar-refractivity contribution < 1.29 is 4.52 Å². The summed E-state index contributed by atoms with van der Waals surface area (Å²) < 4.78 is 6.54. The highest BCUT2D eigenvalue weighted by Crippen LogP contribution is 2.31. The fourth-order valence-electron chi connectivity index (χ4n) is 4.50. The molecule has 0 aliphatic carbocycles. The maximum atomic E-state index is 13.8. The maximum absolute atomic E-state index is 13.8. The molecule has 0 fully saturated rings. The van der Waals surface area contributed by atoms with Crippen LogP contribution in [0.25, 0.3) is 22.5 Å². The Kier molecular flexibility index (Phi) is 6.89. The van der Waals surface area contributed by atoms with Gasteiger partial charge < -0.3 is 0 Å². The van der Waals surface area contributed by atoms with Gasteiger partial charge in [-0.15, -0.1) is 0 Å². The van der Waals surface area contributed by atoms with E-state index in [0.717, 1.165) is 40.3 Å². The molecule has 8 heteroatoms. The van der Waals surface area contributed by atoms with Gasteiger partial charge in [0.15, 0.2) is 5.82 Å². The van der Waals surface area contributed by atoms with Gasteiger partial charge >= 0.3 is 5.76 Å². The number of pyridine rings is 1. The molecule has 0 amide bonds. The predicted molar refractivity (Wildman–Crippen MR) is 141 cm³/mol. The number of aromatic nitrogens is 5. The Bertz CT molecular complexity index is 1640. The minimum Gasteiger partial charge on any atom is -0.296 e. The van der Waals surface area contributed by atoms with Crippen LogP contribution in [0.1, 0.15) is 41.7 Å². The summed E-state index contributed by atoms with van der Waals surface area (Å²) in [6.07, 6.45) is 3.70. The van der Waals surface area contributed by atoms with Crippen LogP contribution in [0, 0.1) is 6.92 Å². The number of nitrogens with zero attached hydrogens (tertiary/aromatic N) is 4. The Hall–Kier alpha value is -4.59. The molecule has 0 saturated heterocycles. The van der Waals surface area contributed by atoms with Crippen molar-refractivity contribution in [3.8, 4) is 22.5 Å². The number of hydrogen-bond donors (Lipinski definition) is 1. The van der Waals surface area contributed by atoms with Crippen LogP contribution in [-0.2, 0) is 19.4 Å². The van der Waals surface area contributed by atoms with E-state index in [-0.39, 0.29) is 5.56 Å². The molecule has 0 bridgehead atoms. The molecular formula is C29H27N5O3. The van der Waals surface area contributed by atoms with E-state index in [9.17, 15) is 9.59 Å². The number of nitrogens with one attached hydrogen (secondary N) is 1. The van der Waals surface area contributed by atoms with Gasteiger partial charge in [0.25, 0.3) is 5.56 Å². The first-order valence-corrected chi connectivity index (χ1v) is 12.3. The quantitative estimate of drug-likeness (QED) is 0.340. The Labute approximate surface area is 213 Å². The molecule has 0 atom stereocenters. The van der Waals surface area contributed by atoms with Crippen LogP contribution >= 0.6 is 0 Å². The van der Waals surface area contributed by atoms with Crippen LogP contribution in [-0.4, -0.2) is 24.7 Å². The second kappa shape index (κ2) is 10.6. The molecule has 5 rings (SSSR count). The summed E-state index contributed by atoms with van der Waals surface area (Å²) in [6, 6.07) is 21.4. The predicted octanol–water partition coefficient (Wildman–Crippen LogP) is 4.55. The van der Waals surface area contributed by atoms with E-state index in [1.165, 1.54) is 0 Å². The fraction of sp³-hybridized carbons (Fsp3) is 0.207. The minimum absolute atomic E-state index is 0.0647. The SMILES string of the molecule is CCCc1nc(C)c(Cc2ccccn2)c(=O)n1Cc1ccc(-c2ccccc2)c(-c2noc(=O)[nH]2)c1. The largest absolute Gasteiger partial charge is 0.439 e. The van der Waals surface area contributed by atoms with Crippen LogP contribution in [0.4, 0.5) is 0 Å². The average Bonchev–Trinajstić information content (AvgIpc) is 3.36. The summed E-state index contributed by atoms with van der Waals surface area (Å²) in [5.74, 6) is 0.464. The molecule has 186 valence electrons. The lowest BCUT2D eigenvalue weighted by atomic mass is 9.97. The molecule has 0 radical (unpaired) electrons. The standard InChI is InChI=1S/C29H27N5O3/c1-3-9-26-31-19(2)24(17-22-12-7-8-15-30-22)28(35)34(26)18-20-13-14-23(21-10-5-4-6-11-21)25(16-20)27-32-29(36)37-33-27/h4-8,10-16H,3,9,17-18H2,1-2H3,(H,32,33,36). The molecule has 1 N–H and O–H groups in total. The summed E-state index contributed by atoms with van der Waals surface area (Å²) in [4.78, 5) is 37.4. The van der Waals surface area contributed by atoms with Crippen molar-refractivity contribution in [1.29, 1.82) is 0 Å². The zero-order valence-electron chi connectivity index (χ0n) is 20.8. The second-order valence-electron chi connectivity index (χ2n) is 8.92. The summed E-state index contributed by atoms with van der Waals surface area (Å²) in [5.41, 5.74) is 5.60. The minimum atomic E-state index is -0.622. The topological polar surface area (TPSA) is 107 Å². The van der Waals surface area contributed by atoms with Crippen LogP contribution in [0.15, 0.2) is 87.0 Å². The Morgan fingerprint density at radius 2 is 1.78 bits per heavy atom. The van der Waals surface area contributed by atoms with E-state index in [1.54, 1.807) is 10.8 Å². The van der Waals surface area contributed by atoms with Gasteiger partial charge in [0.05, 0.1) is 6.54 Å². The monoisotopic (exact) mass is 493 g/mol. The van der Waals surface area contributed by atoms with Crippen LogP contribution in [0.3, 0.4) is 0 Å². The summed E-state index contributed by atoms with van der Waals surface area (Å²) in [6.45, 7) is 4.29. The molecule has 0 saturated carbocycles. The third-order valence-electron chi connectivity index (χ3n) is 6.31. The summed E-state index contributed by atoms with van der Waals surface area (Å²) in [7, 11) is 0. The molecule has 8 nitrogen and oxygen atoms in total. The normalized spacial score (nSPS) is 11.1. The molecule has 5 aromatic rings. The zero-order valence-corrected chi connectivity index (χ0v) is 20.8. The van der Waals surface area contributed by atoms with Gasteiger partial charge in [-0.1, -0.05) is 60.6 Å². The number of hydrogen-bond acceptors (Lipinski definition) is 6. The third kappa shape index (κ3) is 5.18. The van der Waals surface area contributed by atoms with Gasteiger partial charge in [-0.2, -0.15) is 0 Å². The van der Waals surface area contributed by atoms with Gasteiger partial charge in [0.1, 0.15) is 5.82 Å². The number of H-pyrrole nitrogens is 1. The van der Waals surface area contributed by atoms with E-state index < -0.39 is 5.76 Å². The van der Waals surface area contributed by atoms with Gasteiger partial charge in [0.2, 0.25) is 0 Å². The van der Waals surface area contributed by atoms with Gasteiger partial charge in [-0.05, 0) is 48.2 Å². The highest BCUT2D eigenvalue weighted by molar-refractivity contribution is 5.80. The van der Waals surface area contributed by atoms with E-state index in [2.05, 4.69) is 22.0 Å². The molecule has 37 heavy (non-hydrogen) atoms. The smallest absolute Gasteiger partial charge is 0.296 e. The highest BCUT2D eigenvalue weighted by atomic mass is 16.5. The lowest BCUT2D eigenvalue weighted by Crippen LogP contribution is -2.30. The van der Waals surface area contributed by atoms with E-state index in [0.29, 0.717) is 36.3 Å². The third-order valence-corrected chi connectivity index (χ3v) is 6.31. The molecular weight excluding hydrogens is 466 g/mol. The van der Waals surface area contributed by atoms with Crippen LogP contribution in [0.2, 0.25) is 0 Å². The van der Waals surface area contributed by atoms with E-state index in [1.807, 2.05) is 73.7 Å². The molecule has 2 aromatic carbocycles. The van der Waals surface area contributed by atoms with Crippen LogP contribution < -0.4 is 11.3 Å². The van der Waals surface area contributed by atoms with Crippen molar-refractivity contribution in [2.24, 2.45) is 0 Å². The molecule has 0 unspecified atom stereocenters. The molecule has 0 aliphatic heterocycles. The Balaban J connectivity index is 1.60. The first-order valence-electron chi connectivity index (χ1n) is 12.3. The number of benzene rings is 2. The van der Waals surface area contributed by atoms with Crippen molar-refractivity contribution in [2.75, 3.05) is 0 Å². The number of rotatable bonds is 8. The molecule has 3 heterocycles. The first-order chi connectivity index (χ1) is 18.0. The number of aryl methyl sites for hydroxylation is 2. The maximum Gasteiger partial charge on any atom is 0.439 e. The number of aromatic amines is 1. The fourth-order valence-corrected chi connectivity index (χ4v) is 4.50. The average molecular weight is 494 g/mol.